The molecule has 1 fully saturated rings. The Morgan fingerprint density at radius 2 is 1.92 bits per heavy atom. The molecule has 0 radical (unpaired) electrons. The third-order valence-electron chi connectivity index (χ3n) is 5.37. The molecule has 132 valence electrons. The molecule has 2 N–H and O–H groups in total. The van der Waals surface area contributed by atoms with Crippen LogP contribution in [0, 0.1) is 11.8 Å². The highest BCUT2D eigenvalue weighted by atomic mass is 16.6. The first-order valence-electron chi connectivity index (χ1n) is 9.01. The van der Waals surface area contributed by atoms with Crippen LogP contribution in [0.15, 0.2) is 18.2 Å². The smallest absolute Gasteiger partial charge is 0.241 e. The molecule has 1 aromatic carbocycles. The van der Waals surface area contributed by atoms with Crippen LogP contribution < -0.4 is 20.1 Å². The Hall–Kier alpha value is -1.75. The molecule has 2 aliphatic rings. The van der Waals surface area contributed by atoms with Gasteiger partial charge in [-0.05, 0) is 37.3 Å². The molecule has 5 nitrogen and oxygen atoms in total. The molecule has 24 heavy (non-hydrogen) atoms. The summed E-state index contributed by atoms with van der Waals surface area (Å²) in [5.41, 5.74) is 0.739. The van der Waals surface area contributed by atoms with Gasteiger partial charge in [-0.3, -0.25) is 4.79 Å². The highest BCUT2D eigenvalue weighted by molar-refractivity contribution is 5.94. The lowest BCUT2D eigenvalue weighted by molar-refractivity contribution is -0.118. The molecule has 0 spiro atoms. The van der Waals surface area contributed by atoms with Crippen LogP contribution >= 0.6 is 0 Å². The Balaban J connectivity index is 1.58. The highest BCUT2D eigenvalue weighted by Crippen LogP contribution is 2.33. The second-order valence-electron chi connectivity index (χ2n) is 7.11. The van der Waals surface area contributed by atoms with Crippen molar-refractivity contribution in [2.75, 3.05) is 18.5 Å². The standard InChI is InChI=1S/C19H28N2O3/c1-12-5-4-6-16(13(12)2)20-14(3)19(22)21-15-7-8-17-18(11-15)24-10-9-23-17/h7-8,11-14,16,20H,4-6,9-10H2,1-3H3,(H,21,22)/t12-,13+,14-,16+/m0/s1. The Bertz CT molecular complexity index is 590. The molecule has 0 saturated heterocycles. The summed E-state index contributed by atoms with van der Waals surface area (Å²) in [6.07, 6.45) is 3.67. The molecule has 1 aromatic rings. The van der Waals surface area contributed by atoms with Crippen molar-refractivity contribution >= 4 is 11.6 Å². The first-order chi connectivity index (χ1) is 11.5. The normalized spacial score (nSPS) is 27.4. The number of amides is 1. The van der Waals surface area contributed by atoms with Gasteiger partial charge in [0.1, 0.15) is 13.2 Å². The van der Waals surface area contributed by atoms with E-state index in [0.29, 0.717) is 36.8 Å². The molecule has 1 saturated carbocycles. The van der Waals surface area contributed by atoms with Gasteiger partial charge in [-0.1, -0.05) is 26.7 Å². The molecule has 0 aromatic heterocycles. The maximum absolute atomic E-state index is 12.5. The van der Waals surface area contributed by atoms with Crippen molar-refractivity contribution in [1.82, 2.24) is 5.32 Å². The average molecular weight is 332 g/mol. The van der Waals surface area contributed by atoms with Crippen LogP contribution in [0.3, 0.4) is 0 Å². The predicted octanol–water partition coefficient (Wildman–Crippen LogP) is 3.20. The van der Waals surface area contributed by atoms with Gasteiger partial charge in [0.15, 0.2) is 11.5 Å². The highest BCUT2D eigenvalue weighted by Gasteiger charge is 2.29. The summed E-state index contributed by atoms with van der Waals surface area (Å²) in [4.78, 5) is 12.5. The van der Waals surface area contributed by atoms with Gasteiger partial charge in [-0.15, -0.1) is 0 Å². The van der Waals surface area contributed by atoms with Gasteiger partial charge in [0.25, 0.3) is 0 Å². The summed E-state index contributed by atoms with van der Waals surface area (Å²) in [5.74, 6) is 2.72. The van der Waals surface area contributed by atoms with Crippen molar-refractivity contribution in [3.63, 3.8) is 0 Å². The third kappa shape index (κ3) is 3.83. The van der Waals surface area contributed by atoms with Crippen molar-refractivity contribution in [3.8, 4) is 11.5 Å². The predicted molar refractivity (Wildman–Crippen MR) is 94.6 cm³/mol. The first-order valence-corrected chi connectivity index (χ1v) is 9.01. The van der Waals surface area contributed by atoms with Crippen molar-refractivity contribution in [2.45, 2.75) is 52.1 Å². The van der Waals surface area contributed by atoms with Crippen LogP contribution in [0.1, 0.15) is 40.0 Å². The zero-order chi connectivity index (χ0) is 17.1. The van der Waals surface area contributed by atoms with Gasteiger partial charge in [-0.2, -0.15) is 0 Å². The van der Waals surface area contributed by atoms with Crippen molar-refractivity contribution in [3.05, 3.63) is 18.2 Å². The van der Waals surface area contributed by atoms with E-state index in [1.807, 2.05) is 25.1 Å². The Kier molecular flexibility index (Phi) is 5.29. The Labute approximate surface area is 144 Å². The van der Waals surface area contributed by atoms with Gasteiger partial charge >= 0.3 is 0 Å². The summed E-state index contributed by atoms with van der Waals surface area (Å²) in [7, 11) is 0. The number of ether oxygens (including phenoxy) is 2. The lowest BCUT2D eigenvalue weighted by Crippen LogP contribution is -2.49. The van der Waals surface area contributed by atoms with Crippen LogP contribution in [-0.2, 0) is 4.79 Å². The van der Waals surface area contributed by atoms with E-state index in [-0.39, 0.29) is 11.9 Å². The summed E-state index contributed by atoms with van der Waals surface area (Å²) in [6.45, 7) is 7.63. The summed E-state index contributed by atoms with van der Waals surface area (Å²) < 4.78 is 11.1. The van der Waals surface area contributed by atoms with Crippen LogP contribution in [0.5, 0.6) is 11.5 Å². The fourth-order valence-electron chi connectivity index (χ4n) is 3.59. The fourth-order valence-corrected chi connectivity index (χ4v) is 3.59. The lowest BCUT2D eigenvalue weighted by atomic mass is 9.78. The van der Waals surface area contributed by atoms with Crippen molar-refractivity contribution < 1.29 is 14.3 Å². The van der Waals surface area contributed by atoms with Gasteiger partial charge in [0.05, 0.1) is 6.04 Å². The number of hydrogen-bond acceptors (Lipinski definition) is 4. The zero-order valence-electron chi connectivity index (χ0n) is 14.8. The summed E-state index contributed by atoms with van der Waals surface area (Å²) in [6, 6.07) is 5.70. The SMILES string of the molecule is C[C@@H]1[C@@H](C)CCC[C@H]1N[C@@H](C)C(=O)Nc1ccc2c(c1)OCCO2. The number of benzene rings is 1. The summed E-state index contributed by atoms with van der Waals surface area (Å²) in [5, 5.41) is 6.48. The zero-order valence-corrected chi connectivity index (χ0v) is 14.8. The van der Waals surface area contributed by atoms with E-state index in [9.17, 15) is 4.79 Å². The molecule has 1 amide bonds. The van der Waals surface area contributed by atoms with Crippen LogP contribution in [0.25, 0.3) is 0 Å². The minimum atomic E-state index is -0.226. The first kappa shape index (κ1) is 17.1. The molecule has 0 unspecified atom stereocenters. The average Bonchev–Trinajstić information content (AvgIpc) is 2.58. The molecule has 4 atom stereocenters. The van der Waals surface area contributed by atoms with Gasteiger partial charge in [0.2, 0.25) is 5.91 Å². The molecule has 0 bridgehead atoms. The van der Waals surface area contributed by atoms with Gasteiger partial charge in [-0.25, -0.2) is 0 Å². The minimum absolute atomic E-state index is 0.0166. The number of anilines is 1. The largest absolute Gasteiger partial charge is 0.486 e. The molecule has 1 heterocycles. The molecular formula is C19H28N2O3. The van der Waals surface area contributed by atoms with E-state index in [0.717, 1.165) is 17.9 Å². The number of carbonyl (C=O) groups excluding carboxylic acids is 1. The van der Waals surface area contributed by atoms with Crippen LogP contribution in [0.4, 0.5) is 5.69 Å². The number of rotatable bonds is 4. The number of nitrogens with one attached hydrogen (secondary N) is 2. The monoisotopic (exact) mass is 332 g/mol. The van der Waals surface area contributed by atoms with Gasteiger partial charge < -0.3 is 20.1 Å². The minimum Gasteiger partial charge on any atom is -0.486 e. The van der Waals surface area contributed by atoms with E-state index in [1.165, 1.54) is 12.8 Å². The Morgan fingerprint density at radius 1 is 1.17 bits per heavy atom. The number of hydrogen-bond donors (Lipinski definition) is 2. The molecule has 5 heteroatoms. The molecule has 3 rings (SSSR count). The van der Waals surface area contributed by atoms with Crippen molar-refractivity contribution in [2.24, 2.45) is 11.8 Å². The van der Waals surface area contributed by atoms with E-state index in [2.05, 4.69) is 24.5 Å². The second kappa shape index (κ2) is 7.43. The van der Waals surface area contributed by atoms with E-state index >= 15 is 0 Å². The number of carbonyl (C=O) groups is 1. The molecular weight excluding hydrogens is 304 g/mol. The Morgan fingerprint density at radius 3 is 2.71 bits per heavy atom. The molecule has 1 aliphatic carbocycles. The third-order valence-corrected chi connectivity index (χ3v) is 5.37. The second-order valence-corrected chi connectivity index (χ2v) is 7.11. The maximum Gasteiger partial charge on any atom is 0.241 e. The van der Waals surface area contributed by atoms with Gasteiger partial charge in [0, 0.05) is 17.8 Å². The quantitative estimate of drug-likeness (QED) is 0.889. The number of fused-ring (bicyclic) bond motifs is 1. The maximum atomic E-state index is 12.5. The fraction of sp³-hybridized carbons (Fsp3) is 0.632. The van der Waals surface area contributed by atoms with Crippen molar-refractivity contribution in [1.29, 1.82) is 0 Å². The van der Waals surface area contributed by atoms with E-state index in [4.69, 9.17) is 9.47 Å². The van der Waals surface area contributed by atoms with E-state index < -0.39 is 0 Å². The van der Waals surface area contributed by atoms with E-state index in [1.54, 1.807) is 0 Å². The topological polar surface area (TPSA) is 59.6 Å². The molecule has 1 aliphatic heterocycles. The van der Waals surface area contributed by atoms with Crippen LogP contribution in [-0.4, -0.2) is 31.2 Å². The van der Waals surface area contributed by atoms with Crippen LogP contribution in [0.2, 0.25) is 0 Å². The lowest BCUT2D eigenvalue weighted by Gasteiger charge is -2.36. The summed E-state index contributed by atoms with van der Waals surface area (Å²) >= 11 is 0.